The summed E-state index contributed by atoms with van der Waals surface area (Å²) in [6, 6.07) is 7.51. The molecule has 2 aromatic carbocycles. The Hall–Kier alpha value is -5.06. The highest BCUT2D eigenvalue weighted by molar-refractivity contribution is 6.30. The van der Waals surface area contributed by atoms with Crippen LogP contribution in [0.2, 0.25) is 0 Å². The number of carbonyl (C=O) groups excluding carboxylic acids is 3. The minimum atomic E-state index is -2.16. The van der Waals surface area contributed by atoms with E-state index in [0.717, 1.165) is 35.1 Å². The van der Waals surface area contributed by atoms with E-state index < -0.39 is 46.2 Å². The summed E-state index contributed by atoms with van der Waals surface area (Å²) in [5.41, 5.74) is 3.38. The molecule has 4 aliphatic carbocycles. The molecule has 3 heterocycles. The average Bonchev–Trinajstić information content (AvgIpc) is 3.50. The summed E-state index contributed by atoms with van der Waals surface area (Å²) in [5.74, 6) is -1.92. The Bertz CT molecular complexity index is 2390. The monoisotopic (exact) mass is 814 g/mol. The van der Waals surface area contributed by atoms with Crippen LogP contribution in [-0.4, -0.2) is 70.5 Å². The fourth-order valence-corrected chi connectivity index (χ4v) is 10.9. The zero-order chi connectivity index (χ0) is 43.1. The maximum Gasteiger partial charge on any atom is 0.246 e. The molecule has 3 fully saturated rings. The van der Waals surface area contributed by atoms with E-state index in [2.05, 4.69) is 64.2 Å². The van der Waals surface area contributed by atoms with E-state index >= 15 is 4.79 Å². The number of hydrogen-bond acceptors (Lipinski definition) is 9. The second-order valence-corrected chi connectivity index (χ2v) is 18.5. The van der Waals surface area contributed by atoms with Crippen molar-refractivity contribution < 1.29 is 38.8 Å². The predicted molar refractivity (Wildman–Crippen MR) is 232 cm³/mol. The van der Waals surface area contributed by atoms with E-state index in [4.69, 9.17) is 19.2 Å². The molecule has 10 nitrogen and oxygen atoms in total. The molecule has 60 heavy (non-hydrogen) atoms. The van der Waals surface area contributed by atoms with E-state index in [0.29, 0.717) is 63.8 Å². The second-order valence-electron chi connectivity index (χ2n) is 18.5. The first-order chi connectivity index (χ1) is 28.5. The molecule has 3 N–H and O–H groups in total. The number of nitrogens with zero attached hydrogens (tertiary/aromatic N) is 1. The third-order valence-electron chi connectivity index (χ3n) is 13.8. The highest BCUT2D eigenvalue weighted by Crippen LogP contribution is 2.70. The van der Waals surface area contributed by atoms with Crippen LogP contribution in [0.1, 0.15) is 114 Å². The first-order valence-electron chi connectivity index (χ1n) is 21.4. The number of methoxy groups -OCH3 is 1. The molecular formula is C50H58N2O8. The van der Waals surface area contributed by atoms with Crippen molar-refractivity contribution in [2.24, 2.45) is 34.6 Å². The van der Waals surface area contributed by atoms with Gasteiger partial charge in [-0.2, -0.15) is 0 Å². The van der Waals surface area contributed by atoms with Gasteiger partial charge in [0.05, 0.1) is 42.2 Å². The maximum atomic E-state index is 15.4. The number of ketones is 2. The normalized spacial score (nSPS) is 29.1. The minimum absolute atomic E-state index is 0.0659. The summed E-state index contributed by atoms with van der Waals surface area (Å²) in [6.45, 7) is 16.0. The van der Waals surface area contributed by atoms with Crippen LogP contribution in [0.5, 0.6) is 17.2 Å². The molecule has 1 amide bonds. The molecule has 7 unspecified atom stereocenters. The number of rotatable bonds is 12. The van der Waals surface area contributed by atoms with Gasteiger partial charge in [0.2, 0.25) is 5.91 Å². The Balaban J connectivity index is 1.45. The lowest BCUT2D eigenvalue weighted by Gasteiger charge is -2.66. The van der Waals surface area contributed by atoms with Gasteiger partial charge in [-0.05, 0) is 85.3 Å². The molecule has 1 spiro atoms. The molecular weight excluding hydrogens is 757 g/mol. The lowest BCUT2D eigenvalue weighted by molar-refractivity contribution is -0.212. The van der Waals surface area contributed by atoms with Gasteiger partial charge in [0.15, 0.2) is 22.8 Å². The van der Waals surface area contributed by atoms with Crippen LogP contribution in [0, 0.1) is 29.6 Å². The number of amides is 1. The van der Waals surface area contributed by atoms with Crippen molar-refractivity contribution in [3.63, 3.8) is 0 Å². The predicted octanol–water partition coefficient (Wildman–Crippen LogP) is 7.94. The molecule has 316 valence electrons. The summed E-state index contributed by atoms with van der Waals surface area (Å²) < 4.78 is 21.2. The number of aliphatic hydroxyl groups excluding tert-OH is 1. The summed E-state index contributed by atoms with van der Waals surface area (Å²) in [4.78, 5) is 48.7. The molecule has 3 saturated carbocycles. The maximum absolute atomic E-state index is 15.4. The lowest BCUT2D eigenvalue weighted by Crippen LogP contribution is -2.79. The van der Waals surface area contributed by atoms with Crippen molar-refractivity contribution in [3.05, 3.63) is 98.7 Å². The van der Waals surface area contributed by atoms with Crippen LogP contribution >= 0.6 is 0 Å². The van der Waals surface area contributed by atoms with Crippen LogP contribution in [0.4, 0.5) is 0 Å². The van der Waals surface area contributed by atoms with Crippen molar-refractivity contribution in [2.75, 3.05) is 20.3 Å². The molecule has 9 rings (SSSR count). The van der Waals surface area contributed by atoms with E-state index in [9.17, 15) is 19.8 Å². The zero-order valence-corrected chi connectivity index (χ0v) is 36.3. The number of nitrogens with one attached hydrogen (secondary N) is 1. The van der Waals surface area contributed by atoms with Crippen LogP contribution in [0.25, 0.3) is 11.8 Å². The van der Waals surface area contributed by atoms with Gasteiger partial charge in [-0.15, -0.1) is 0 Å². The standard InChI is InChI=1S/C50H58N2O8/c1-26(2)13-12-20-48(8)21-19-33-43(59-48)32(17-16-27(3)4)45-38(44(33)58-9)41-39-36(37-40(52-41)30-14-10-11-15-31(30)42(37)54)34-25-35(28(5)6)50(39,60-45)49(57,46(34)55)22-18-29(7)47(56)51-23-24-53/h10-11,13-16,18-19,21,28,34-37,53,57H,12,17,20,22-25H2,1-9H3,(H,51,56). The Morgan fingerprint density at radius 1 is 1.03 bits per heavy atom. The van der Waals surface area contributed by atoms with Crippen LogP contribution < -0.4 is 19.5 Å². The molecule has 10 heteroatoms. The Kier molecular flexibility index (Phi) is 10.5. The fraction of sp³-hybridized carbons (Fsp3) is 0.480. The summed E-state index contributed by atoms with van der Waals surface area (Å²) in [7, 11) is 1.63. The molecule has 7 atom stereocenters. The quantitative estimate of drug-likeness (QED) is 0.145. The number of carbonyl (C=O) groups is 3. The fourth-order valence-electron chi connectivity index (χ4n) is 10.9. The molecule has 2 aromatic rings. The number of benzene rings is 2. The largest absolute Gasteiger partial charge is 0.495 e. The second kappa shape index (κ2) is 15.1. The van der Waals surface area contributed by atoms with Gasteiger partial charge in [0.1, 0.15) is 22.8 Å². The van der Waals surface area contributed by atoms with Crippen molar-refractivity contribution >= 4 is 35.0 Å². The average molecular weight is 815 g/mol. The number of aliphatic imine (C=N–C) groups is 1. The molecule has 0 aromatic heterocycles. The molecule has 2 bridgehead atoms. The van der Waals surface area contributed by atoms with Crippen LogP contribution in [0.15, 0.2) is 75.9 Å². The zero-order valence-electron chi connectivity index (χ0n) is 36.3. The highest BCUT2D eigenvalue weighted by Gasteiger charge is 2.77. The van der Waals surface area contributed by atoms with E-state index in [1.807, 2.05) is 38.1 Å². The van der Waals surface area contributed by atoms with Crippen molar-refractivity contribution in [2.45, 2.75) is 104 Å². The first kappa shape index (κ1) is 41.7. The lowest BCUT2D eigenvalue weighted by atomic mass is 9.42. The smallest absolute Gasteiger partial charge is 0.246 e. The summed E-state index contributed by atoms with van der Waals surface area (Å²) >= 11 is 0. The Morgan fingerprint density at radius 2 is 1.75 bits per heavy atom. The third kappa shape index (κ3) is 6.11. The number of hydrogen-bond donors (Lipinski definition) is 3. The number of aliphatic hydroxyl groups is 2. The number of Topliss-reactive ketones (excluding diaryl/α,β-unsaturated/α-hetero) is 2. The van der Waals surface area contributed by atoms with Crippen molar-refractivity contribution in [3.8, 4) is 17.2 Å². The number of fused-ring (bicyclic) bond motifs is 8. The van der Waals surface area contributed by atoms with Gasteiger partial charge in [0, 0.05) is 58.6 Å². The first-order valence-corrected chi connectivity index (χ1v) is 21.4. The van der Waals surface area contributed by atoms with Gasteiger partial charge >= 0.3 is 0 Å². The van der Waals surface area contributed by atoms with E-state index in [-0.39, 0.29) is 37.2 Å². The van der Waals surface area contributed by atoms with Gasteiger partial charge in [-0.25, -0.2) is 0 Å². The van der Waals surface area contributed by atoms with E-state index in [1.165, 1.54) is 5.57 Å². The van der Waals surface area contributed by atoms with Crippen molar-refractivity contribution in [1.82, 2.24) is 5.32 Å². The van der Waals surface area contributed by atoms with Crippen LogP contribution in [0.3, 0.4) is 0 Å². The summed E-state index contributed by atoms with van der Waals surface area (Å²) in [5, 5.41) is 25.6. The van der Waals surface area contributed by atoms with Gasteiger partial charge in [-0.3, -0.25) is 19.4 Å². The van der Waals surface area contributed by atoms with Crippen LogP contribution in [-0.2, 0) is 16.0 Å². The molecule has 3 aliphatic heterocycles. The van der Waals surface area contributed by atoms with Gasteiger partial charge < -0.3 is 29.7 Å². The molecule has 0 saturated heterocycles. The summed E-state index contributed by atoms with van der Waals surface area (Å²) in [6.07, 6.45) is 12.2. The topological polar surface area (TPSA) is 144 Å². The number of allylic oxidation sites excluding steroid dienone is 4. The Labute approximate surface area is 353 Å². The number of ether oxygens (including phenoxy) is 3. The highest BCUT2D eigenvalue weighted by atomic mass is 16.5. The molecule has 7 aliphatic rings. The Morgan fingerprint density at radius 3 is 2.42 bits per heavy atom. The third-order valence-corrected chi connectivity index (χ3v) is 13.8. The molecule has 0 radical (unpaired) electrons. The van der Waals surface area contributed by atoms with E-state index in [1.54, 1.807) is 20.1 Å². The van der Waals surface area contributed by atoms with Gasteiger partial charge in [-0.1, -0.05) is 67.5 Å². The SMILES string of the molecule is COc1c2c(c(CC=C(C)C)c3c1C1=C4C(C5CC(C(C)C)C4(O3)C(O)(CC=C(C)C(=O)NCCO)C5=O)C3C(=O)c4ccccc4C3=N1)OC(C)(CCC=C(C)C)C=C2. The minimum Gasteiger partial charge on any atom is -0.495 e. The van der Waals surface area contributed by atoms with Crippen molar-refractivity contribution in [1.29, 1.82) is 0 Å². The van der Waals surface area contributed by atoms with Gasteiger partial charge in [0.25, 0.3) is 0 Å².